The van der Waals surface area contributed by atoms with Crippen LogP contribution in [0.25, 0.3) is 0 Å². The second-order valence-electron chi connectivity index (χ2n) is 6.81. The monoisotopic (exact) mass is 450 g/mol. The fraction of sp³-hybridized carbons (Fsp3) is 0.409. The molecular formula is C22H30N2O4S2. The molecule has 2 aromatic rings. The Labute approximate surface area is 184 Å². The van der Waals surface area contributed by atoms with E-state index in [1.54, 1.807) is 6.07 Å². The van der Waals surface area contributed by atoms with E-state index < -0.39 is 10.0 Å². The number of nitrogens with zero attached hydrogens (tertiary/aromatic N) is 1. The highest BCUT2D eigenvalue weighted by Gasteiger charge is 2.20. The van der Waals surface area contributed by atoms with Crippen molar-refractivity contribution in [2.75, 3.05) is 36.5 Å². The van der Waals surface area contributed by atoms with Crippen molar-refractivity contribution in [3.63, 3.8) is 0 Å². The van der Waals surface area contributed by atoms with Gasteiger partial charge in [-0.3, -0.25) is 9.10 Å². The zero-order valence-electron chi connectivity index (χ0n) is 17.8. The van der Waals surface area contributed by atoms with Gasteiger partial charge in [0.05, 0.1) is 18.5 Å². The first-order chi connectivity index (χ1) is 14.3. The number of carbonyl (C=O) groups excluding carboxylic acids is 1. The molecule has 0 heterocycles. The van der Waals surface area contributed by atoms with Crippen LogP contribution in [0.1, 0.15) is 25.3 Å². The molecule has 6 nitrogen and oxygen atoms in total. The van der Waals surface area contributed by atoms with Crippen LogP contribution < -0.4 is 14.4 Å². The molecule has 164 valence electrons. The Bertz CT molecular complexity index is 915. The van der Waals surface area contributed by atoms with Crippen LogP contribution in [0, 0.1) is 0 Å². The summed E-state index contributed by atoms with van der Waals surface area (Å²) in [6, 6.07) is 15.3. The molecule has 0 aliphatic rings. The Balaban J connectivity index is 1.77. The van der Waals surface area contributed by atoms with E-state index in [9.17, 15) is 13.2 Å². The van der Waals surface area contributed by atoms with Crippen LogP contribution in [0.4, 0.5) is 5.69 Å². The summed E-state index contributed by atoms with van der Waals surface area (Å²) in [5.41, 5.74) is 1.90. The lowest BCUT2D eigenvalue weighted by Crippen LogP contribution is -2.33. The highest BCUT2D eigenvalue weighted by atomic mass is 32.2. The molecule has 1 amide bonds. The minimum Gasteiger partial charge on any atom is -0.492 e. The lowest BCUT2D eigenvalue weighted by Gasteiger charge is -2.24. The minimum atomic E-state index is -3.44. The number of hydrogen-bond donors (Lipinski definition) is 1. The van der Waals surface area contributed by atoms with Crippen molar-refractivity contribution in [1.82, 2.24) is 5.32 Å². The topological polar surface area (TPSA) is 75.7 Å². The van der Waals surface area contributed by atoms with E-state index in [0.717, 1.165) is 17.1 Å². The lowest BCUT2D eigenvalue weighted by atomic mass is 10.2. The van der Waals surface area contributed by atoms with Crippen LogP contribution in [0.3, 0.4) is 0 Å². The van der Waals surface area contributed by atoms with Crippen LogP contribution in [-0.2, 0) is 21.2 Å². The minimum absolute atomic E-state index is 0.119. The van der Waals surface area contributed by atoms with E-state index >= 15 is 0 Å². The van der Waals surface area contributed by atoms with Gasteiger partial charge in [-0.1, -0.05) is 31.2 Å². The molecule has 0 aliphatic carbocycles. The molecule has 0 radical (unpaired) electrons. The second kappa shape index (κ2) is 11.9. The number of anilines is 1. The maximum Gasteiger partial charge on any atom is 0.232 e. The second-order valence-corrected chi connectivity index (χ2v) is 9.56. The molecule has 0 saturated carbocycles. The van der Waals surface area contributed by atoms with E-state index in [1.807, 2.05) is 48.7 Å². The molecule has 1 N–H and O–H groups in total. The van der Waals surface area contributed by atoms with Gasteiger partial charge >= 0.3 is 0 Å². The molecule has 0 fully saturated rings. The Morgan fingerprint density at radius 2 is 1.83 bits per heavy atom. The summed E-state index contributed by atoms with van der Waals surface area (Å²) in [6.07, 6.45) is 4.76. The summed E-state index contributed by atoms with van der Waals surface area (Å²) in [7, 11) is -3.44. The van der Waals surface area contributed by atoms with Gasteiger partial charge in [-0.05, 0) is 48.9 Å². The van der Waals surface area contributed by atoms with Crippen LogP contribution >= 0.6 is 11.8 Å². The predicted octanol–water partition coefficient (Wildman–Crippen LogP) is 3.71. The fourth-order valence-corrected chi connectivity index (χ4v) is 4.59. The number of aryl methyl sites for hydroxylation is 1. The first-order valence-electron chi connectivity index (χ1n) is 9.94. The number of thioether (sulfide) groups is 1. The SMILES string of the molecule is CCc1ccc(OCCNC(=O)CCCN(c2ccccc2SC)S(C)(=O)=O)cc1. The quantitative estimate of drug-likeness (QED) is 0.394. The van der Waals surface area contributed by atoms with Crippen molar-refractivity contribution in [3.8, 4) is 5.75 Å². The first kappa shape index (κ1) is 24.1. The van der Waals surface area contributed by atoms with Crippen LogP contribution in [0.5, 0.6) is 5.75 Å². The van der Waals surface area contributed by atoms with Gasteiger partial charge in [0, 0.05) is 17.9 Å². The maximum atomic E-state index is 12.3. The number of ether oxygens (including phenoxy) is 1. The molecule has 0 bridgehead atoms. The molecule has 2 aromatic carbocycles. The number of carbonyl (C=O) groups is 1. The summed E-state index contributed by atoms with van der Waals surface area (Å²) in [4.78, 5) is 13.0. The van der Waals surface area contributed by atoms with E-state index in [1.165, 1.54) is 27.9 Å². The summed E-state index contributed by atoms with van der Waals surface area (Å²) in [5, 5.41) is 2.81. The third-order valence-electron chi connectivity index (χ3n) is 4.54. The molecule has 8 heteroatoms. The molecule has 0 spiro atoms. The molecule has 0 unspecified atom stereocenters. The molecule has 0 aliphatic heterocycles. The van der Waals surface area contributed by atoms with Gasteiger partial charge in [0.25, 0.3) is 0 Å². The van der Waals surface area contributed by atoms with Crippen molar-refractivity contribution in [3.05, 3.63) is 54.1 Å². The van der Waals surface area contributed by atoms with Gasteiger partial charge in [-0.2, -0.15) is 0 Å². The summed E-state index contributed by atoms with van der Waals surface area (Å²) >= 11 is 1.49. The van der Waals surface area contributed by atoms with E-state index in [2.05, 4.69) is 12.2 Å². The smallest absolute Gasteiger partial charge is 0.232 e. The normalized spacial score (nSPS) is 11.2. The Hall–Kier alpha value is -2.19. The van der Waals surface area contributed by atoms with Crippen LogP contribution in [0.2, 0.25) is 0 Å². The number of hydrogen-bond acceptors (Lipinski definition) is 5. The zero-order valence-corrected chi connectivity index (χ0v) is 19.4. The van der Waals surface area contributed by atoms with Crippen molar-refractivity contribution in [1.29, 1.82) is 0 Å². The molecule has 2 rings (SSSR count). The Morgan fingerprint density at radius 3 is 2.47 bits per heavy atom. The van der Waals surface area contributed by atoms with Crippen molar-refractivity contribution >= 4 is 33.4 Å². The number of benzene rings is 2. The van der Waals surface area contributed by atoms with Gasteiger partial charge in [0.1, 0.15) is 12.4 Å². The third kappa shape index (κ3) is 7.57. The summed E-state index contributed by atoms with van der Waals surface area (Å²) in [6.45, 7) is 3.14. The molecular weight excluding hydrogens is 420 g/mol. The van der Waals surface area contributed by atoms with Gasteiger partial charge in [0.15, 0.2) is 0 Å². The summed E-state index contributed by atoms with van der Waals surface area (Å²) < 4.78 is 31.5. The van der Waals surface area contributed by atoms with E-state index in [4.69, 9.17) is 4.74 Å². The first-order valence-corrected chi connectivity index (χ1v) is 13.0. The highest BCUT2D eigenvalue weighted by molar-refractivity contribution is 7.99. The number of amides is 1. The molecule has 30 heavy (non-hydrogen) atoms. The van der Waals surface area contributed by atoms with Crippen molar-refractivity contribution < 1.29 is 17.9 Å². The zero-order chi connectivity index (χ0) is 22.0. The van der Waals surface area contributed by atoms with Crippen LogP contribution in [-0.4, -0.2) is 46.5 Å². The van der Waals surface area contributed by atoms with Gasteiger partial charge in [-0.15, -0.1) is 11.8 Å². The van der Waals surface area contributed by atoms with E-state index in [0.29, 0.717) is 25.3 Å². The maximum absolute atomic E-state index is 12.3. The predicted molar refractivity (Wildman–Crippen MR) is 124 cm³/mol. The highest BCUT2D eigenvalue weighted by Crippen LogP contribution is 2.30. The number of para-hydroxylation sites is 1. The number of sulfonamides is 1. The van der Waals surface area contributed by atoms with Crippen molar-refractivity contribution in [2.24, 2.45) is 0 Å². The largest absolute Gasteiger partial charge is 0.492 e. The molecule has 0 aromatic heterocycles. The molecule has 0 atom stereocenters. The van der Waals surface area contributed by atoms with Crippen molar-refractivity contribution in [2.45, 2.75) is 31.1 Å². The Morgan fingerprint density at radius 1 is 1.13 bits per heavy atom. The summed E-state index contributed by atoms with van der Waals surface area (Å²) in [5.74, 6) is 0.657. The standard InChI is InChI=1S/C22H30N2O4S2/c1-4-18-11-13-19(14-12-18)28-17-15-23-22(25)10-7-16-24(30(3,26)27)20-8-5-6-9-21(20)29-2/h5-6,8-9,11-14H,4,7,10,15-17H2,1-3H3,(H,23,25). The van der Waals surface area contributed by atoms with Gasteiger partial charge in [-0.25, -0.2) is 8.42 Å². The average molecular weight is 451 g/mol. The molecule has 0 saturated heterocycles. The number of rotatable bonds is 12. The lowest BCUT2D eigenvalue weighted by molar-refractivity contribution is -0.121. The van der Waals surface area contributed by atoms with Gasteiger partial charge < -0.3 is 10.1 Å². The van der Waals surface area contributed by atoms with Crippen LogP contribution in [0.15, 0.2) is 53.4 Å². The Kier molecular flexibility index (Phi) is 9.52. The van der Waals surface area contributed by atoms with Gasteiger partial charge in [0.2, 0.25) is 15.9 Å². The van der Waals surface area contributed by atoms with E-state index in [-0.39, 0.29) is 18.9 Å². The average Bonchev–Trinajstić information content (AvgIpc) is 2.74. The fourth-order valence-electron chi connectivity index (χ4n) is 2.95. The number of nitrogens with one attached hydrogen (secondary N) is 1. The third-order valence-corrected chi connectivity index (χ3v) is 6.51.